The van der Waals surface area contributed by atoms with Gasteiger partial charge in [0.1, 0.15) is 11.5 Å². The molecule has 2 aromatic carbocycles. The highest BCUT2D eigenvalue weighted by Crippen LogP contribution is 2.41. The summed E-state index contributed by atoms with van der Waals surface area (Å²) in [5, 5.41) is 11.3. The quantitative estimate of drug-likeness (QED) is 0.250. The van der Waals surface area contributed by atoms with Gasteiger partial charge < -0.3 is 14.7 Å². The van der Waals surface area contributed by atoms with Gasteiger partial charge in [-0.15, -0.1) is 0 Å². The summed E-state index contributed by atoms with van der Waals surface area (Å²) in [5.41, 5.74) is 2.83. The number of rotatable bonds is 7. The number of aliphatic hydroxyl groups is 1. The standard InChI is InChI=1S/C27H25BrN2O4/c1-3-13-34-21-10-11-22(17(2)14-21)25(31)23-24(19-6-8-20(28)9-7-19)30(27(33)26(23)32)16-18-5-4-12-29-15-18/h4-12,14-15,24,31H,3,13,16H2,1-2H3. The zero-order valence-corrected chi connectivity index (χ0v) is 20.6. The average Bonchev–Trinajstić information content (AvgIpc) is 3.08. The van der Waals surface area contributed by atoms with Crippen LogP contribution in [0.4, 0.5) is 0 Å². The number of ether oxygens (including phenoxy) is 1. The summed E-state index contributed by atoms with van der Waals surface area (Å²) in [7, 11) is 0. The number of carbonyl (C=O) groups excluding carboxylic acids is 2. The molecule has 1 aliphatic rings. The molecule has 1 N–H and O–H groups in total. The second-order valence-electron chi connectivity index (χ2n) is 8.17. The normalized spacial score (nSPS) is 17.3. The third-order valence-electron chi connectivity index (χ3n) is 5.73. The molecule has 0 bridgehead atoms. The van der Waals surface area contributed by atoms with E-state index >= 15 is 0 Å². The van der Waals surface area contributed by atoms with E-state index in [1.54, 1.807) is 30.6 Å². The maximum absolute atomic E-state index is 13.2. The van der Waals surface area contributed by atoms with Crippen LogP contribution in [0.2, 0.25) is 0 Å². The Bertz CT molecular complexity index is 1240. The van der Waals surface area contributed by atoms with Crippen molar-refractivity contribution in [1.29, 1.82) is 0 Å². The van der Waals surface area contributed by atoms with Crippen molar-refractivity contribution in [2.45, 2.75) is 32.9 Å². The molecule has 1 atom stereocenters. The van der Waals surface area contributed by atoms with E-state index in [-0.39, 0.29) is 17.9 Å². The minimum absolute atomic E-state index is 0.0709. The molecule has 1 aliphatic heterocycles. The van der Waals surface area contributed by atoms with Crippen LogP contribution in [0.3, 0.4) is 0 Å². The van der Waals surface area contributed by atoms with E-state index < -0.39 is 17.7 Å². The van der Waals surface area contributed by atoms with Gasteiger partial charge in [0.2, 0.25) is 0 Å². The van der Waals surface area contributed by atoms with Crippen LogP contribution in [0.5, 0.6) is 5.75 Å². The Balaban J connectivity index is 1.82. The van der Waals surface area contributed by atoms with Gasteiger partial charge in [0, 0.05) is 29.0 Å². The predicted molar refractivity (Wildman–Crippen MR) is 133 cm³/mol. The van der Waals surface area contributed by atoms with Gasteiger partial charge in [-0.05, 0) is 66.4 Å². The highest BCUT2D eigenvalue weighted by Gasteiger charge is 2.46. The van der Waals surface area contributed by atoms with E-state index in [1.165, 1.54) is 4.90 Å². The Morgan fingerprint density at radius 1 is 1.15 bits per heavy atom. The summed E-state index contributed by atoms with van der Waals surface area (Å²) in [5.74, 6) is -0.865. The fourth-order valence-electron chi connectivity index (χ4n) is 4.08. The molecule has 1 aromatic heterocycles. The second-order valence-corrected chi connectivity index (χ2v) is 9.08. The van der Waals surface area contributed by atoms with Crippen LogP contribution < -0.4 is 4.74 Å². The molecule has 6 nitrogen and oxygen atoms in total. The lowest BCUT2D eigenvalue weighted by molar-refractivity contribution is -0.140. The highest BCUT2D eigenvalue weighted by molar-refractivity contribution is 9.10. The lowest BCUT2D eigenvalue weighted by Crippen LogP contribution is -2.29. The van der Waals surface area contributed by atoms with Crippen molar-refractivity contribution >= 4 is 33.4 Å². The number of halogens is 1. The SMILES string of the molecule is CCCOc1ccc(C(O)=C2C(=O)C(=O)N(Cc3cccnc3)C2c2ccc(Br)cc2)c(C)c1. The number of Topliss-reactive ketones (excluding diaryl/α,β-unsaturated/α-hetero) is 1. The van der Waals surface area contributed by atoms with Crippen molar-refractivity contribution in [1.82, 2.24) is 9.88 Å². The maximum Gasteiger partial charge on any atom is 0.295 e. The Kier molecular flexibility index (Phi) is 7.12. The summed E-state index contributed by atoms with van der Waals surface area (Å²) in [6.07, 6.45) is 4.20. The van der Waals surface area contributed by atoms with Gasteiger partial charge >= 0.3 is 0 Å². The summed E-state index contributed by atoms with van der Waals surface area (Å²) < 4.78 is 6.56. The highest BCUT2D eigenvalue weighted by atomic mass is 79.9. The Hall–Kier alpha value is -3.45. The summed E-state index contributed by atoms with van der Waals surface area (Å²) in [6.45, 7) is 4.65. The van der Waals surface area contributed by atoms with E-state index in [0.717, 1.165) is 27.6 Å². The first kappa shape index (κ1) is 23.7. The van der Waals surface area contributed by atoms with Gasteiger partial charge in [0.25, 0.3) is 11.7 Å². The van der Waals surface area contributed by atoms with E-state index in [0.29, 0.717) is 17.9 Å². The Morgan fingerprint density at radius 3 is 2.56 bits per heavy atom. The molecule has 1 amide bonds. The van der Waals surface area contributed by atoms with Crippen molar-refractivity contribution in [2.75, 3.05) is 6.61 Å². The average molecular weight is 521 g/mol. The lowest BCUT2D eigenvalue weighted by Gasteiger charge is -2.25. The molecule has 0 aliphatic carbocycles. The summed E-state index contributed by atoms with van der Waals surface area (Å²) in [6, 6.07) is 15.6. The van der Waals surface area contributed by atoms with Crippen LogP contribution in [0.1, 0.15) is 41.6 Å². The predicted octanol–water partition coefficient (Wildman–Crippen LogP) is 5.56. The molecule has 0 spiro atoms. The molecule has 3 aromatic rings. The molecule has 7 heteroatoms. The fraction of sp³-hybridized carbons (Fsp3) is 0.222. The Labute approximate surface area is 207 Å². The number of hydrogen-bond acceptors (Lipinski definition) is 5. The van der Waals surface area contributed by atoms with Crippen LogP contribution >= 0.6 is 15.9 Å². The molecule has 1 saturated heterocycles. The van der Waals surface area contributed by atoms with Gasteiger partial charge in [0.15, 0.2) is 0 Å². The molecule has 0 radical (unpaired) electrons. The van der Waals surface area contributed by atoms with E-state index in [2.05, 4.69) is 20.9 Å². The summed E-state index contributed by atoms with van der Waals surface area (Å²) >= 11 is 3.43. The van der Waals surface area contributed by atoms with Crippen LogP contribution in [-0.4, -0.2) is 33.3 Å². The van der Waals surface area contributed by atoms with Crippen molar-refractivity contribution in [3.05, 3.63) is 99.3 Å². The first-order valence-electron chi connectivity index (χ1n) is 11.1. The van der Waals surface area contributed by atoms with Gasteiger partial charge in [0.05, 0.1) is 18.2 Å². The molecule has 4 rings (SSSR count). The smallest absolute Gasteiger partial charge is 0.295 e. The molecular formula is C27H25BrN2O4. The van der Waals surface area contributed by atoms with Crippen molar-refractivity contribution in [2.24, 2.45) is 0 Å². The minimum atomic E-state index is -0.733. The van der Waals surface area contributed by atoms with Crippen LogP contribution in [0, 0.1) is 6.92 Å². The van der Waals surface area contributed by atoms with E-state index in [4.69, 9.17) is 4.74 Å². The number of likely N-dealkylation sites (tertiary alicyclic amines) is 1. The fourth-order valence-corrected chi connectivity index (χ4v) is 4.34. The van der Waals surface area contributed by atoms with Crippen molar-refractivity contribution in [3.8, 4) is 5.75 Å². The molecular weight excluding hydrogens is 496 g/mol. The zero-order valence-electron chi connectivity index (χ0n) is 19.0. The van der Waals surface area contributed by atoms with Gasteiger partial charge in [-0.2, -0.15) is 0 Å². The number of ketones is 1. The minimum Gasteiger partial charge on any atom is -0.507 e. The molecule has 2 heterocycles. The second kappa shape index (κ2) is 10.2. The number of benzene rings is 2. The van der Waals surface area contributed by atoms with E-state index in [9.17, 15) is 14.7 Å². The van der Waals surface area contributed by atoms with Crippen molar-refractivity contribution < 1.29 is 19.4 Å². The van der Waals surface area contributed by atoms with Crippen molar-refractivity contribution in [3.63, 3.8) is 0 Å². The number of aryl methyl sites for hydroxylation is 1. The number of aliphatic hydroxyl groups excluding tert-OH is 1. The van der Waals surface area contributed by atoms with Gasteiger partial charge in [-0.25, -0.2) is 0 Å². The molecule has 0 saturated carbocycles. The van der Waals surface area contributed by atoms with Gasteiger partial charge in [-0.3, -0.25) is 14.6 Å². The summed E-state index contributed by atoms with van der Waals surface area (Å²) in [4.78, 5) is 32.0. The van der Waals surface area contributed by atoms with Gasteiger partial charge in [-0.1, -0.05) is 41.1 Å². The third-order valence-corrected chi connectivity index (χ3v) is 6.26. The third kappa shape index (κ3) is 4.75. The van der Waals surface area contributed by atoms with Crippen LogP contribution in [0.25, 0.3) is 5.76 Å². The molecule has 34 heavy (non-hydrogen) atoms. The zero-order chi connectivity index (χ0) is 24.2. The largest absolute Gasteiger partial charge is 0.507 e. The topological polar surface area (TPSA) is 79.7 Å². The molecule has 1 unspecified atom stereocenters. The van der Waals surface area contributed by atoms with Crippen LogP contribution in [0.15, 0.2) is 77.0 Å². The lowest BCUT2D eigenvalue weighted by atomic mass is 9.94. The Morgan fingerprint density at radius 2 is 1.91 bits per heavy atom. The molecule has 1 fully saturated rings. The number of carbonyl (C=O) groups is 2. The number of hydrogen-bond donors (Lipinski definition) is 1. The van der Waals surface area contributed by atoms with E-state index in [1.807, 2.05) is 50.2 Å². The monoisotopic (exact) mass is 520 g/mol. The first-order chi connectivity index (χ1) is 16.4. The molecule has 174 valence electrons. The first-order valence-corrected chi connectivity index (χ1v) is 11.9. The number of nitrogens with zero attached hydrogens (tertiary/aromatic N) is 2. The van der Waals surface area contributed by atoms with Crippen LogP contribution in [-0.2, 0) is 16.1 Å². The number of aromatic nitrogens is 1. The number of amides is 1. The maximum atomic E-state index is 13.2. The number of pyridine rings is 1.